The van der Waals surface area contributed by atoms with Gasteiger partial charge in [0.1, 0.15) is 6.33 Å². The van der Waals surface area contributed by atoms with Gasteiger partial charge in [-0.3, -0.25) is 0 Å². The molecule has 3 rings (SSSR count). The molecule has 0 aromatic carbocycles. The lowest BCUT2D eigenvalue weighted by molar-refractivity contribution is 0.815. The molecule has 0 N–H and O–H groups in total. The molecule has 3 heterocycles. The van der Waals surface area contributed by atoms with E-state index in [0.29, 0.717) is 5.78 Å². The van der Waals surface area contributed by atoms with Crippen LogP contribution in [-0.2, 0) is 0 Å². The third-order valence-electron chi connectivity index (χ3n) is 2.36. The number of aromatic nitrogens is 5. The van der Waals surface area contributed by atoms with Crippen molar-refractivity contribution in [3.8, 4) is 0 Å². The largest absolute Gasteiger partial charge is 0.275 e. The number of nitrogens with zero attached hydrogens (tertiary/aromatic N) is 6. The quantitative estimate of drug-likeness (QED) is 0.535. The van der Waals surface area contributed by atoms with Crippen LogP contribution < -0.4 is 0 Å². The normalized spacial score (nSPS) is 11.8. The van der Waals surface area contributed by atoms with E-state index in [1.54, 1.807) is 44.8 Å². The van der Waals surface area contributed by atoms with Crippen LogP contribution in [0.15, 0.2) is 34.1 Å². The van der Waals surface area contributed by atoms with E-state index in [-0.39, 0.29) is 0 Å². The Balaban J connectivity index is 1.87. The number of hydrogen-bond acceptors (Lipinski definition) is 6. The smallest absolute Gasteiger partial charge is 0.184 e. The molecule has 0 unspecified atom stereocenters. The van der Waals surface area contributed by atoms with Crippen molar-refractivity contribution < 1.29 is 0 Å². The first-order valence-electron chi connectivity index (χ1n) is 5.88. The molecule has 3 aromatic rings. The van der Waals surface area contributed by atoms with Gasteiger partial charge in [0.15, 0.2) is 0 Å². The Morgan fingerprint density at radius 2 is 2.42 bits per heavy atom. The Morgan fingerprint density at radius 3 is 3.21 bits per heavy atom. The number of hydrogen-bond donors (Lipinski definition) is 0. The minimum Gasteiger partial charge on any atom is -0.184 e. The number of thiophene rings is 1. The average Bonchev–Trinajstić information content (AvgIpc) is 3.12. The SMILES string of the molecule is CCCSc1nnc2n(/N=C/c3cccs3)cnn12. The lowest BCUT2D eigenvalue weighted by Gasteiger charge is -1.91. The Morgan fingerprint density at radius 1 is 1.47 bits per heavy atom. The van der Waals surface area contributed by atoms with Crippen molar-refractivity contribution in [1.29, 1.82) is 0 Å². The molecule has 0 atom stereocenters. The fourth-order valence-corrected chi connectivity index (χ4v) is 2.82. The van der Waals surface area contributed by atoms with E-state index in [9.17, 15) is 0 Å². The lowest BCUT2D eigenvalue weighted by atomic mass is 10.5. The summed E-state index contributed by atoms with van der Waals surface area (Å²) in [6.45, 7) is 2.13. The first kappa shape index (κ1) is 12.4. The van der Waals surface area contributed by atoms with Crippen LogP contribution in [0.1, 0.15) is 18.2 Å². The van der Waals surface area contributed by atoms with Crippen LogP contribution in [0.5, 0.6) is 0 Å². The first-order chi connectivity index (χ1) is 9.38. The van der Waals surface area contributed by atoms with Crippen LogP contribution >= 0.6 is 23.1 Å². The molecule has 0 fully saturated rings. The number of thioether (sulfide) groups is 1. The molecule has 0 amide bonds. The molecular formula is C11H12N6S2. The highest BCUT2D eigenvalue weighted by molar-refractivity contribution is 7.99. The van der Waals surface area contributed by atoms with Gasteiger partial charge < -0.3 is 0 Å². The summed E-state index contributed by atoms with van der Waals surface area (Å²) in [5.74, 6) is 1.64. The molecule has 8 heteroatoms. The highest BCUT2D eigenvalue weighted by Crippen LogP contribution is 2.16. The van der Waals surface area contributed by atoms with Gasteiger partial charge in [-0.25, -0.2) is 0 Å². The molecule has 0 spiro atoms. The molecule has 0 radical (unpaired) electrons. The minimum absolute atomic E-state index is 0.631. The van der Waals surface area contributed by atoms with E-state index in [2.05, 4.69) is 27.3 Å². The summed E-state index contributed by atoms with van der Waals surface area (Å²) in [6.07, 6.45) is 4.53. The second-order valence-electron chi connectivity index (χ2n) is 3.78. The van der Waals surface area contributed by atoms with Gasteiger partial charge in [0.05, 0.1) is 6.21 Å². The Labute approximate surface area is 118 Å². The summed E-state index contributed by atoms with van der Waals surface area (Å²) < 4.78 is 3.34. The van der Waals surface area contributed by atoms with Gasteiger partial charge in [0, 0.05) is 10.6 Å². The van der Waals surface area contributed by atoms with E-state index in [0.717, 1.165) is 22.2 Å². The van der Waals surface area contributed by atoms with Crippen molar-refractivity contribution >= 4 is 35.1 Å². The summed E-state index contributed by atoms with van der Waals surface area (Å²) in [7, 11) is 0. The van der Waals surface area contributed by atoms with E-state index in [1.807, 2.05) is 17.5 Å². The fraction of sp³-hybridized carbons (Fsp3) is 0.273. The van der Waals surface area contributed by atoms with Gasteiger partial charge in [-0.2, -0.15) is 19.4 Å². The standard InChI is InChI=1S/C11H12N6S2/c1-2-5-19-11-15-14-10-16(8-13-17(10)11)12-7-9-4-3-6-18-9/h3-4,6-8H,2,5H2,1H3/b12-7+. The van der Waals surface area contributed by atoms with Crippen LogP contribution in [0.25, 0.3) is 5.78 Å². The highest BCUT2D eigenvalue weighted by atomic mass is 32.2. The molecular weight excluding hydrogens is 280 g/mol. The van der Waals surface area contributed by atoms with Crippen LogP contribution in [0.3, 0.4) is 0 Å². The zero-order valence-electron chi connectivity index (χ0n) is 10.3. The van der Waals surface area contributed by atoms with Crippen molar-refractivity contribution in [2.24, 2.45) is 5.10 Å². The minimum atomic E-state index is 0.631. The summed E-state index contributed by atoms with van der Waals surface area (Å²) in [6, 6.07) is 4.00. The third kappa shape index (κ3) is 2.54. The van der Waals surface area contributed by atoms with E-state index in [1.165, 1.54) is 0 Å². The Bertz CT molecular complexity index is 681. The van der Waals surface area contributed by atoms with Gasteiger partial charge in [-0.05, 0) is 17.9 Å². The predicted molar refractivity (Wildman–Crippen MR) is 77.1 cm³/mol. The maximum Gasteiger partial charge on any atom is 0.275 e. The number of rotatable bonds is 5. The molecule has 19 heavy (non-hydrogen) atoms. The molecule has 0 bridgehead atoms. The van der Waals surface area contributed by atoms with Crippen molar-refractivity contribution in [2.45, 2.75) is 18.5 Å². The van der Waals surface area contributed by atoms with E-state index < -0.39 is 0 Å². The molecule has 0 aliphatic rings. The van der Waals surface area contributed by atoms with Crippen molar-refractivity contribution in [3.05, 3.63) is 28.7 Å². The van der Waals surface area contributed by atoms with Crippen LogP contribution in [0.2, 0.25) is 0 Å². The molecule has 6 nitrogen and oxygen atoms in total. The van der Waals surface area contributed by atoms with Crippen LogP contribution in [0.4, 0.5) is 0 Å². The predicted octanol–water partition coefficient (Wildman–Crippen LogP) is 2.37. The lowest BCUT2D eigenvalue weighted by Crippen LogP contribution is -1.90. The van der Waals surface area contributed by atoms with Crippen molar-refractivity contribution in [3.63, 3.8) is 0 Å². The molecule has 3 aromatic heterocycles. The van der Waals surface area contributed by atoms with Crippen LogP contribution in [-0.4, -0.2) is 36.5 Å². The molecule has 98 valence electrons. The van der Waals surface area contributed by atoms with Crippen molar-refractivity contribution in [2.75, 3.05) is 5.75 Å². The van der Waals surface area contributed by atoms with Gasteiger partial charge in [-0.1, -0.05) is 24.8 Å². The first-order valence-corrected chi connectivity index (χ1v) is 7.74. The van der Waals surface area contributed by atoms with E-state index in [4.69, 9.17) is 0 Å². The monoisotopic (exact) mass is 292 g/mol. The molecule has 0 saturated carbocycles. The highest BCUT2D eigenvalue weighted by Gasteiger charge is 2.10. The summed E-state index contributed by atoms with van der Waals surface area (Å²) >= 11 is 3.29. The Kier molecular flexibility index (Phi) is 3.60. The van der Waals surface area contributed by atoms with Gasteiger partial charge in [0.25, 0.3) is 5.78 Å². The van der Waals surface area contributed by atoms with Crippen LogP contribution in [0, 0.1) is 0 Å². The molecule has 0 saturated heterocycles. The van der Waals surface area contributed by atoms with Gasteiger partial charge in [-0.15, -0.1) is 21.5 Å². The molecule has 0 aliphatic carbocycles. The topological polar surface area (TPSA) is 60.4 Å². The summed E-state index contributed by atoms with van der Waals surface area (Å²) in [5, 5.41) is 19.6. The summed E-state index contributed by atoms with van der Waals surface area (Å²) in [5.41, 5.74) is 0. The average molecular weight is 292 g/mol. The van der Waals surface area contributed by atoms with Gasteiger partial charge >= 0.3 is 0 Å². The summed E-state index contributed by atoms with van der Waals surface area (Å²) in [4.78, 5) is 1.09. The van der Waals surface area contributed by atoms with Gasteiger partial charge in [0.2, 0.25) is 5.16 Å². The second kappa shape index (κ2) is 5.54. The Hall–Kier alpha value is -1.67. The van der Waals surface area contributed by atoms with Crippen molar-refractivity contribution in [1.82, 2.24) is 24.5 Å². The maximum absolute atomic E-state index is 4.34. The number of fused-ring (bicyclic) bond motifs is 1. The molecule has 0 aliphatic heterocycles. The maximum atomic E-state index is 4.34. The zero-order chi connectivity index (χ0) is 13.1. The third-order valence-corrected chi connectivity index (χ3v) is 4.30. The zero-order valence-corrected chi connectivity index (χ0v) is 11.9. The van der Waals surface area contributed by atoms with E-state index >= 15 is 0 Å². The second-order valence-corrected chi connectivity index (χ2v) is 5.82. The fourth-order valence-electron chi connectivity index (χ4n) is 1.50.